The van der Waals surface area contributed by atoms with Gasteiger partial charge in [0, 0.05) is 22.6 Å². The first-order valence-corrected chi connectivity index (χ1v) is 6.91. The molecule has 1 aromatic carbocycles. The van der Waals surface area contributed by atoms with Crippen LogP contribution in [0, 0.1) is 11.8 Å². The second kappa shape index (κ2) is 5.92. The number of aryl methyl sites for hydroxylation is 1. The minimum Gasteiger partial charge on any atom is -0.481 e. The van der Waals surface area contributed by atoms with E-state index in [2.05, 4.69) is 39.5 Å². The number of alkyl halides is 1. The first-order chi connectivity index (χ1) is 8.33. The van der Waals surface area contributed by atoms with Crippen LogP contribution in [0.4, 0.5) is 0 Å². The minimum atomic E-state index is 0.434. The molecular weight excluding hydrogens is 327 g/mol. The first-order valence-electron chi connectivity index (χ1n) is 5.39. The number of rotatable bonds is 4. The second-order valence-electron chi connectivity index (χ2n) is 3.52. The lowest BCUT2D eigenvalue weighted by Gasteiger charge is -2.00. The van der Waals surface area contributed by atoms with Crippen LogP contribution in [0.1, 0.15) is 6.92 Å². The molecule has 4 heteroatoms. The Hall–Kier alpha value is -1.22. The van der Waals surface area contributed by atoms with E-state index in [9.17, 15) is 0 Å². The van der Waals surface area contributed by atoms with Crippen LogP contribution >= 0.6 is 22.6 Å². The topological polar surface area (TPSA) is 27.1 Å². The summed E-state index contributed by atoms with van der Waals surface area (Å²) in [5, 5.41) is 5.58. The van der Waals surface area contributed by atoms with E-state index in [1.54, 1.807) is 6.92 Å². The Morgan fingerprint density at radius 1 is 1.47 bits per heavy atom. The highest BCUT2D eigenvalue weighted by molar-refractivity contribution is 14.1. The van der Waals surface area contributed by atoms with Gasteiger partial charge >= 0.3 is 0 Å². The van der Waals surface area contributed by atoms with E-state index in [-0.39, 0.29) is 0 Å². The van der Waals surface area contributed by atoms with Gasteiger partial charge in [0.15, 0.2) is 0 Å². The van der Waals surface area contributed by atoms with Crippen molar-refractivity contribution in [1.82, 2.24) is 9.78 Å². The molecule has 2 aromatic rings. The van der Waals surface area contributed by atoms with E-state index in [0.717, 1.165) is 27.6 Å². The van der Waals surface area contributed by atoms with Gasteiger partial charge in [0.2, 0.25) is 0 Å². The molecule has 0 aliphatic heterocycles. The van der Waals surface area contributed by atoms with Gasteiger partial charge in [-0.2, -0.15) is 5.10 Å². The number of hydrogen-bond donors (Lipinski definition) is 0. The summed E-state index contributed by atoms with van der Waals surface area (Å²) in [6.07, 6.45) is 2.05. The number of aromatic nitrogens is 2. The summed E-state index contributed by atoms with van der Waals surface area (Å²) < 4.78 is 8.53. The molecule has 0 fully saturated rings. The molecule has 3 nitrogen and oxygen atoms in total. The summed E-state index contributed by atoms with van der Waals surface area (Å²) in [6.45, 7) is 3.18. The summed E-state index contributed by atoms with van der Waals surface area (Å²) >= 11 is 2.34. The molecule has 1 aromatic heterocycles. The summed E-state index contributed by atoms with van der Waals surface area (Å²) in [4.78, 5) is 0. The maximum atomic E-state index is 5.51. The van der Waals surface area contributed by atoms with Crippen molar-refractivity contribution in [2.45, 2.75) is 13.5 Å². The standard InChI is InChI=1S/C13H13IN2O/c1-2-3-8-17-12-4-5-13-11(9-12)10-16(15-13)7-6-14/h4-5,9-10H,6-8H2,1H3. The van der Waals surface area contributed by atoms with Crippen LogP contribution in [0.3, 0.4) is 0 Å². The van der Waals surface area contributed by atoms with Crippen molar-refractivity contribution in [3.63, 3.8) is 0 Å². The number of fused-ring (bicyclic) bond motifs is 1. The highest BCUT2D eigenvalue weighted by Gasteiger charge is 2.02. The van der Waals surface area contributed by atoms with Gasteiger partial charge in [-0.15, -0.1) is 5.92 Å². The SMILES string of the molecule is CC#CCOc1ccc2nn(CCI)cc2c1. The van der Waals surface area contributed by atoms with Crippen molar-refractivity contribution in [3.8, 4) is 17.6 Å². The molecule has 1 heterocycles. The zero-order valence-corrected chi connectivity index (χ0v) is 11.8. The molecule has 0 aliphatic rings. The van der Waals surface area contributed by atoms with E-state index in [1.165, 1.54) is 0 Å². The monoisotopic (exact) mass is 340 g/mol. The van der Waals surface area contributed by atoms with Crippen molar-refractivity contribution < 1.29 is 4.74 Å². The van der Waals surface area contributed by atoms with Crippen molar-refractivity contribution in [2.75, 3.05) is 11.0 Å². The summed E-state index contributed by atoms with van der Waals surface area (Å²) in [5.41, 5.74) is 1.00. The third-order valence-electron chi connectivity index (χ3n) is 2.32. The fraction of sp³-hybridized carbons (Fsp3) is 0.308. The van der Waals surface area contributed by atoms with Gasteiger partial charge in [0.25, 0.3) is 0 Å². The lowest BCUT2D eigenvalue weighted by atomic mass is 10.2. The molecule has 0 saturated heterocycles. The Morgan fingerprint density at radius 2 is 2.35 bits per heavy atom. The van der Waals surface area contributed by atoms with Crippen LogP contribution in [0.15, 0.2) is 24.4 Å². The van der Waals surface area contributed by atoms with Crippen molar-refractivity contribution in [1.29, 1.82) is 0 Å². The third-order valence-corrected chi connectivity index (χ3v) is 2.81. The Bertz CT molecular complexity index is 566. The average Bonchev–Trinajstić information content (AvgIpc) is 2.71. The molecule has 88 valence electrons. The number of nitrogens with zero attached hydrogens (tertiary/aromatic N) is 2. The van der Waals surface area contributed by atoms with E-state index in [1.807, 2.05) is 29.1 Å². The second-order valence-corrected chi connectivity index (χ2v) is 4.60. The summed E-state index contributed by atoms with van der Waals surface area (Å²) in [6, 6.07) is 5.91. The highest BCUT2D eigenvalue weighted by atomic mass is 127. The highest BCUT2D eigenvalue weighted by Crippen LogP contribution is 2.19. The molecule has 0 atom stereocenters. The molecule has 0 spiro atoms. The molecule has 0 aliphatic carbocycles. The van der Waals surface area contributed by atoms with Gasteiger partial charge in [0.05, 0.1) is 5.52 Å². The summed E-state index contributed by atoms with van der Waals surface area (Å²) in [7, 11) is 0. The zero-order chi connectivity index (χ0) is 12.1. The molecule has 17 heavy (non-hydrogen) atoms. The van der Waals surface area contributed by atoms with Crippen LogP contribution in [0.25, 0.3) is 10.9 Å². The molecule has 0 bridgehead atoms. The van der Waals surface area contributed by atoms with E-state index >= 15 is 0 Å². The van der Waals surface area contributed by atoms with Crippen molar-refractivity contribution in [2.24, 2.45) is 0 Å². The van der Waals surface area contributed by atoms with E-state index < -0.39 is 0 Å². The molecule has 0 amide bonds. The number of hydrogen-bond acceptors (Lipinski definition) is 2. The van der Waals surface area contributed by atoms with Crippen molar-refractivity contribution >= 4 is 33.5 Å². The Labute approximate surface area is 114 Å². The summed E-state index contributed by atoms with van der Waals surface area (Å²) in [5.74, 6) is 6.52. The number of ether oxygens (including phenoxy) is 1. The number of halogens is 1. The molecule has 0 saturated carbocycles. The Balaban J connectivity index is 2.19. The van der Waals surface area contributed by atoms with Crippen LogP contribution in [0.2, 0.25) is 0 Å². The van der Waals surface area contributed by atoms with Gasteiger partial charge in [-0.05, 0) is 25.1 Å². The van der Waals surface area contributed by atoms with Crippen molar-refractivity contribution in [3.05, 3.63) is 24.4 Å². The third kappa shape index (κ3) is 3.13. The van der Waals surface area contributed by atoms with Gasteiger partial charge in [-0.1, -0.05) is 28.5 Å². The van der Waals surface area contributed by atoms with Crippen LogP contribution < -0.4 is 4.74 Å². The smallest absolute Gasteiger partial charge is 0.149 e. The number of benzene rings is 1. The molecular formula is C13H13IN2O. The normalized spacial score (nSPS) is 10.0. The van der Waals surface area contributed by atoms with Gasteiger partial charge < -0.3 is 4.74 Å². The predicted molar refractivity (Wildman–Crippen MR) is 77.6 cm³/mol. The molecule has 0 radical (unpaired) electrons. The van der Waals surface area contributed by atoms with Gasteiger partial charge in [-0.3, -0.25) is 4.68 Å². The van der Waals surface area contributed by atoms with Gasteiger partial charge in [-0.25, -0.2) is 0 Å². The Morgan fingerprint density at radius 3 is 3.12 bits per heavy atom. The van der Waals surface area contributed by atoms with Gasteiger partial charge in [0.1, 0.15) is 12.4 Å². The maximum absolute atomic E-state index is 5.51. The lowest BCUT2D eigenvalue weighted by molar-refractivity contribution is 0.371. The predicted octanol–water partition coefficient (Wildman–Crippen LogP) is 2.87. The maximum Gasteiger partial charge on any atom is 0.149 e. The van der Waals surface area contributed by atoms with Crippen LogP contribution in [-0.4, -0.2) is 20.8 Å². The fourth-order valence-corrected chi connectivity index (χ4v) is 2.03. The molecule has 2 rings (SSSR count). The van der Waals surface area contributed by atoms with Crippen LogP contribution in [-0.2, 0) is 6.54 Å². The average molecular weight is 340 g/mol. The van der Waals surface area contributed by atoms with E-state index in [4.69, 9.17) is 4.74 Å². The minimum absolute atomic E-state index is 0.434. The molecule has 0 unspecified atom stereocenters. The lowest BCUT2D eigenvalue weighted by Crippen LogP contribution is -1.97. The quantitative estimate of drug-likeness (QED) is 0.486. The fourth-order valence-electron chi connectivity index (χ4n) is 1.54. The van der Waals surface area contributed by atoms with Crippen LogP contribution in [0.5, 0.6) is 5.75 Å². The van der Waals surface area contributed by atoms with E-state index in [0.29, 0.717) is 6.61 Å². The Kier molecular flexibility index (Phi) is 4.26. The first kappa shape index (κ1) is 12.2. The molecule has 0 N–H and O–H groups in total. The largest absolute Gasteiger partial charge is 0.481 e. The zero-order valence-electron chi connectivity index (χ0n) is 9.61.